The van der Waals surface area contributed by atoms with Crippen LogP contribution in [0.2, 0.25) is 0 Å². The van der Waals surface area contributed by atoms with Crippen molar-refractivity contribution in [2.75, 3.05) is 19.2 Å². The Morgan fingerprint density at radius 2 is 2.13 bits per heavy atom. The Hall–Kier alpha value is -1.55. The molecular formula is C10H12ClNO3. The first-order valence-corrected chi connectivity index (χ1v) is 4.25. The van der Waals surface area contributed by atoms with Gasteiger partial charge in [0, 0.05) is 0 Å². The van der Waals surface area contributed by atoms with Crippen LogP contribution in [-0.2, 0) is 9.47 Å². The summed E-state index contributed by atoms with van der Waals surface area (Å²) in [6, 6.07) is 7.60. The highest BCUT2D eigenvalue weighted by Crippen LogP contribution is 2.25. The van der Waals surface area contributed by atoms with Crippen LogP contribution < -0.4 is 10.1 Å². The average Bonchev–Trinajstić information content (AvgIpc) is 2.71. The largest absolute Gasteiger partial charge is 0.495 e. The molecule has 1 N–H and O–H groups in total. The second-order valence-corrected chi connectivity index (χ2v) is 2.74. The number of methoxy groups -OCH3 is 1. The van der Waals surface area contributed by atoms with Gasteiger partial charge in [-0.05, 0) is 12.1 Å². The first-order valence-electron chi connectivity index (χ1n) is 4.25. The van der Waals surface area contributed by atoms with E-state index in [0.717, 1.165) is 11.4 Å². The monoisotopic (exact) mass is 229 g/mol. The lowest BCUT2D eigenvalue weighted by Gasteiger charge is -2.09. The lowest BCUT2D eigenvalue weighted by molar-refractivity contribution is 0.0823. The minimum atomic E-state index is 0. The van der Waals surface area contributed by atoms with Gasteiger partial charge in [0.2, 0.25) is 12.7 Å². The van der Waals surface area contributed by atoms with Crippen molar-refractivity contribution in [3.8, 4) is 5.75 Å². The number of anilines is 1. The van der Waals surface area contributed by atoms with E-state index in [2.05, 4.69) is 5.32 Å². The third kappa shape index (κ3) is 2.70. The fourth-order valence-corrected chi connectivity index (χ4v) is 1.19. The summed E-state index contributed by atoms with van der Waals surface area (Å²) in [6.45, 7) is 0.261. The van der Waals surface area contributed by atoms with Crippen LogP contribution in [0.15, 0.2) is 36.4 Å². The quantitative estimate of drug-likeness (QED) is 0.864. The summed E-state index contributed by atoms with van der Waals surface area (Å²) in [7, 11) is 1.63. The van der Waals surface area contributed by atoms with Crippen molar-refractivity contribution in [3.63, 3.8) is 0 Å². The third-order valence-corrected chi connectivity index (χ3v) is 1.84. The van der Waals surface area contributed by atoms with Crippen LogP contribution in [0.25, 0.3) is 0 Å². The summed E-state index contributed by atoms with van der Waals surface area (Å²) in [6.07, 6.45) is 1.53. The maximum atomic E-state index is 5.17. The molecule has 82 valence electrons. The molecule has 0 amide bonds. The smallest absolute Gasteiger partial charge is 0.232 e. The van der Waals surface area contributed by atoms with E-state index in [1.807, 2.05) is 24.3 Å². The van der Waals surface area contributed by atoms with Gasteiger partial charge < -0.3 is 19.5 Å². The fraction of sp³-hybridized carbons (Fsp3) is 0.200. The van der Waals surface area contributed by atoms with E-state index in [1.54, 1.807) is 7.11 Å². The van der Waals surface area contributed by atoms with Crippen molar-refractivity contribution in [2.24, 2.45) is 0 Å². The summed E-state index contributed by atoms with van der Waals surface area (Å²) in [5.74, 6) is 1.36. The average molecular weight is 230 g/mol. The van der Waals surface area contributed by atoms with E-state index in [4.69, 9.17) is 14.2 Å². The molecule has 1 aliphatic rings. The summed E-state index contributed by atoms with van der Waals surface area (Å²) in [5.41, 5.74) is 0.853. The predicted octanol–water partition coefficient (Wildman–Crippen LogP) is 2.33. The number of nitrogens with one attached hydrogen (secondary N) is 1. The summed E-state index contributed by atoms with van der Waals surface area (Å²) in [4.78, 5) is 0. The van der Waals surface area contributed by atoms with Crippen LogP contribution in [0.5, 0.6) is 5.75 Å². The Kier molecular flexibility index (Phi) is 4.12. The minimum absolute atomic E-state index is 0. The second kappa shape index (κ2) is 5.36. The van der Waals surface area contributed by atoms with Gasteiger partial charge >= 0.3 is 0 Å². The number of rotatable bonds is 3. The van der Waals surface area contributed by atoms with Gasteiger partial charge in [0.25, 0.3) is 0 Å². The molecule has 0 spiro atoms. The first kappa shape index (κ1) is 11.5. The molecule has 0 atom stereocenters. The SMILES string of the molecule is COc1ccccc1NC1=COCO1.Cl. The van der Waals surface area contributed by atoms with E-state index in [9.17, 15) is 0 Å². The van der Waals surface area contributed by atoms with E-state index >= 15 is 0 Å². The van der Waals surface area contributed by atoms with Gasteiger partial charge in [0.05, 0.1) is 12.8 Å². The van der Waals surface area contributed by atoms with Crippen LogP contribution in [0.4, 0.5) is 5.69 Å². The normalized spacial score (nSPS) is 13.0. The van der Waals surface area contributed by atoms with E-state index in [0.29, 0.717) is 5.88 Å². The molecule has 1 heterocycles. The predicted molar refractivity (Wildman–Crippen MR) is 59.0 cm³/mol. The van der Waals surface area contributed by atoms with Gasteiger partial charge in [-0.2, -0.15) is 0 Å². The zero-order valence-corrected chi connectivity index (χ0v) is 9.04. The number of hydrogen-bond acceptors (Lipinski definition) is 4. The van der Waals surface area contributed by atoms with Crippen molar-refractivity contribution < 1.29 is 14.2 Å². The molecule has 1 aromatic carbocycles. The van der Waals surface area contributed by atoms with Crippen LogP contribution >= 0.6 is 12.4 Å². The molecule has 0 bridgehead atoms. The topological polar surface area (TPSA) is 39.7 Å². The van der Waals surface area contributed by atoms with Crippen molar-refractivity contribution in [2.45, 2.75) is 0 Å². The third-order valence-electron chi connectivity index (χ3n) is 1.84. The van der Waals surface area contributed by atoms with Crippen LogP contribution in [0.1, 0.15) is 0 Å². The Bertz CT molecular complexity index is 354. The van der Waals surface area contributed by atoms with Gasteiger partial charge in [-0.25, -0.2) is 0 Å². The second-order valence-electron chi connectivity index (χ2n) is 2.74. The molecule has 15 heavy (non-hydrogen) atoms. The molecule has 0 saturated heterocycles. The highest BCUT2D eigenvalue weighted by Gasteiger charge is 2.08. The molecule has 1 aliphatic heterocycles. The summed E-state index contributed by atoms with van der Waals surface area (Å²) >= 11 is 0. The molecule has 0 fully saturated rings. The molecule has 1 aromatic rings. The summed E-state index contributed by atoms with van der Waals surface area (Å²) in [5, 5.41) is 3.05. The molecule has 0 saturated carbocycles. The molecule has 0 aromatic heterocycles. The minimum Gasteiger partial charge on any atom is -0.495 e. The van der Waals surface area contributed by atoms with Gasteiger partial charge in [-0.15, -0.1) is 12.4 Å². The number of hydrogen-bond donors (Lipinski definition) is 1. The highest BCUT2D eigenvalue weighted by molar-refractivity contribution is 5.85. The van der Waals surface area contributed by atoms with Gasteiger partial charge in [-0.3, -0.25) is 0 Å². The maximum absolute atomic E-state index is 5.17. The van der Waals surface area contributed by atoms with E-state index in [1.165, 1.54) is 6.26 Å². The first-order chi connectivity index (χ1) is 6.90. The molecule has 0 aliphatic carbocycles. The Morgan fingerprint density at radius 3 is 2.80 bits per heavy atom. The number of ether oxygens (including phenoxy) is 3. The van der Waals surface area contributed by atoms with Crippen LogP contribution in [0, 0.1) is 0 Å². The summed E-state index contributed by atoms with van der Waals surface area (Å²) < 4.78 is 15.2. The lowest BCUT2D eigenvalue weighted by Crippen LogP contribution is -2.01. The van der Waals surface area contributed by atoms with Crippen molar-refractivity contribution in [3.05, 3.63) is 36.4 Å². The number of para-hydroxylation sites is 2. The standard InChI is InChI=1S/C10H11NO3.ClH/c1-12-9-5-3-2-4-8(9)11-10-6-13-7-14-10;/h2-6,11H,7H2,1H3;1H. The number of halogens is 1. The molecule has 2 rings (SSSR count). The molecular weight excluding hydrogens is 218 g/mol. The zero-order chi connectivity index (χ0) is 9.80. The molecule has 5 heteroatoms. The van der Waals surface area contributed by atoms with Gasteiger partial charge in [-0.1, -0.05) is 12.1 Å². The van der Waals surface area contributed by atoms with Crippen LogP contribution in [-0.4, -0.2) is 13.9 Å². The van der Waals surface area contributed by atoms with Crippen molar-refractivity contribution in [1.82, 2.24) is 0 Å². The van der Waals surface area contributed by atoms with E-state index < -0.39 is 0 Å². The Morgan fingerprint density at radius 1 is 1.33 bits per heavy atom. The zero-order valence-electron chi connectivity index (χ0n) is 8.23. The number of benzene rings is 1. The molecule has 4 nitrogen and oxygen atoms in total. The fourth-order valence-electron chi connectivity index (χ4n) is 1.19. The van der Waals surface area contributed by atoms with Gasteiger partial charge in [0.1, 0.15) is 12.0 Å². The van der Waals surface area contributed by atoms with Crippen molar-refractivity contribution >= 4 is 18.1 Å². The Balaban J connectivity index is 0.00000112. The van der Waals surface area contributed by atoms with Gasteiger partial charge in [0.15, 0.2) is 0 Å². The van der Waals surface area contributed by atoms with E-state index in [-0.39, 0.29) is 19.2 Å². The Labute approximate surface area is 94.2 Å². The van der Waals surface area contributed by atoms with Crippen LogP contribution in [0.3, 0.4) is 0 Å². The molecule has 0 radical (unpaired) electrons. The lowest BCUT2D eigenvalue weighted by atomic mass is 10.3. The highest BCUT2D eigenvalue weighted by atomic mass is 35.5. The maximum Gasteiger partial charge on any atom is 0.232 e. The van der Waals surface area contributed by atoms with Crippen molar-refractivity contribution in [1.29, 1.82) is 0 Å². The molecule has 0 unspecified atom stereocenters.